The van der Waals surface area contributed by atoms with E-state index in [-0.39, 0.29) is 24.3 Å². The highest BCUT2D eigenvalue weighted by molar-refractivity contribution is 5.71. The molecule has 2 aliphatic rings. The van der Waals surface area contributed by atoms with Gasteiger partial charge < -0.3 is 19.1 Å². The Kier molecular flexibility index (Phi) is 6.46. The van der Waals surface area contributed by atoms with Gasteiger partial charge in [-0.25, -0.2) is 4.79 Å². The first-order valence-electron chi connectivity index (χ1n) is 8.78. The lowest BCUT2D eigenvalue weighted by atomic mass is 10.1. The van der Waals surface area contributed by atoms with Crippen LogP contribution in [-0.4, -0.2) is 79.0 Å². The highest BCUT2D eigenvalue weighted by atomic mass is 16.6. The van der Waals surface area contributed by atoms with Crippen LogP contribution in [0.25, 0.3) is 0 Å². The molecule has 0 saturated carbocycles. The number of piperidine rings is 1. The number of hydrogen-bond donors (Lipinski definition) is 0. The van der Waals surface area contributed by atoms with Gasteiger partial charge in [-0.05, 0) is 40.5 Å². The van der Waals surface area contributed by atoms with Gasteiger partial charge in [0.2, 0.25) is 0 Å². The fourth-order valence-corrected chi connectivity index (χ4v) is 2.86. The third-order valence-corrected chi connectivity index (χ3v) is 4.08. The zero-order valence-electron chi connectivity index (χ0n) is 15.2. The molecule has 2 saturated heterocycles. The van der Waals surface area contributed by atoms with E-state index in [1.807, 2.05) is 27.7 Å². The number of nitrogens with zero attached hydrogens (tertiary/aromatic N) is 2. The number of rotatable bonds is 5. The van der Waals surface area contributed by atoms with Crippen molar-refractivity contribution in [3.8, 4) is 0 Å². The van der Waals surface area contributed by atoms with Crippen LogP contribution in [0.3, 0.4) is 0 Å². The van der Waals surface area contributed by atoms with Crippen molar-refractivity contribution in [2.45, 2.75) is 58.3 Å². The third-order valence-electron chi connectivity index (χ3n) is 4.08. The van der Waals surface area contributed by atoms with Crippen LogP contribution in [0.5, 0.6) is 0 Å². The van der Waals surface area contributed by atoms with Crippen molar-refractivity contribution in [3.05, 3.63) is 0 Å². The minimum Gasteiger partial charge on any atom is -0.465 e. The second kappa shape index (κ2) is 8.16. The quantitative estimate of drug-likeness (QED) is 0.708. The predicted octanol–water partition coefficient (Wildman–Crippen LogP) is 1.65. The van der Waals surface area contributed by atoms with E-state index in [0.717, 1.165) is 25.9 Å². The molecule has 0 bridgehead atoms. The minimum absolute atomic E-state index is 0.0964. The summed E-state index contributed by atoms with van der Waals surface area (Å²) in [5.74, 6) is -0.163. The maximum Gasteiger partial charge on any atom is 0.410 e. The monoisotopic (exact) mass is 342 g/mol. The summed E-state index contributed by atoms with van der Waals surface area (Å²) in [6.45, 7) is 11.1. The average Bonchev–Trinajstić information content (AvgIpc) is 2.42. The molecule has 1 amide bonds. The first-order valence-corrected chi connectivity index (χ1v) is 8.78. The van der Waals surface area contributed by atoms with Crippen molar-refractivity contribution in [1.29, 1.82) is 0 Å². The van der Waals surface area contributed by atoms with Gasteiger partial charge in [-0.15, -0.1) is 0 Å². The summed E-state index contributed by atoms with van der Waals surface area (Å²) in [6, 6.07) is 0. The number of ether oxygens (including phenoxy) is 3. The van der Waals surface area contributed by atoms with Crippen molar-refractivity contribution in [2.75, 3.05) is 39.3 Å². The van der Waals surface area contributed by atoms with Gasteiger partial charge in [0, 0.05) is 13.1 Å². The van der Waals surface area contributed by atoms with E-state index in [0.29, 0.717) is 26.2 Å². The van der Waals surface area contributed by atoms with E-state index < -0.39 is 5.60 Å². The first kappa shape index (κ1) is 19.0. The molecular formula is C17H30N2O5. The molecule has 2 heterocycles. The molecule has 7 heteroatoms. The molecule has 0 aromatic heterocycles. The molecule has 0 aliphatic carbocycles. The Balaban J connectivity index is 1.61. The molecule has 7 nitrogen and oxygen atoms in total. The van der Waals surface area contributed by atoms with Crippen LogP contribution in [0.1, 0.15) is 40.5 Å². The standard InChI is InChI=1S/C17H30N2O5/c1-5-22-15(20)12-18-8-6-13(7-9-18)23-14-10-19(11-14)16(21)24-17(2,3)4/h13-14H,5-12H2,1-4H3. The number of amides is 1. The van der Waals surface area contributed by atoms with Crippen LogP contribution in [0.15, 0.2) is 0 Å². The second-order valence-electron chi connectivity index (χ2n) is 7.42. The van der Waals surface area contributed by atoms with Gasteiger partial charge in [0.15, 0.2) is 0 Å². The normalized spacial score (nSPS) is 20.6. The third kappa shape index (κ3) is 5.94. The summed E-state index contributed by atoms with van der Waals surface area (Å²) in [4.78, 5) is 27.1. The van der Waals surface area contributed by atoms with Crippen LogP contribution in [-0.2, 0) is 19.0 Å². The van der Waals surface area contributed by atoms with Gasteiger partial charge >= 0.3 is 12.1 Å². The van der Waals surface area contributed by atoms with Crippen LogP contribution >= 0.6 is 0 Å². The molecule has 24 heavy (non-hydrogen) atoms. The molecule has 0 atom stereocenters. The molecular weight excluding hydrogens is 312 g/mol. The zero-order valence-corrected chi connectivity index (χ0v) is 15.2. The molecule has 138 valence electrons. The Bertz CT molecular complexity index is 435. The maximum atomic E-state index is 11.9. The van der Waals surface area contributed by atoms with Crippen molar-refractivity contribution >= 4 is 12.1 Å². The lowest BCUT2D eigenvalue weighted by Crippen LogP contribution is -2.57. The van der Waals surface area contributed by atoms with Crippen LogP contribution in [0, 0.1) is 0 Å². The molecule has 0 radical (unpaired) electrons. The molecule has 0 aromatic carbocycles. The number of carbonyl (C=O) groups excluding carboxylic acids is 2. The summed E-state index contributed by atoms with van der Waals surface area (Å²) in [6.07, 6.45) is 1.84. The molecule has 2 aliphatic heterocycles. The average molecular weight is 342 g/mol. The van der Waals surface area contributed by atoms with Crippen LogP contribution in [0.4, 0.5) is 4.79 Å². The summed E-state index contributed by atoms with van der Waals surface area (Å²) < 4.78 is 16.3. The minimum atomic E-state index is -0.464. The maximum absolute atomic E-state index is 11.9. The Labute approximate surface area is 144 Å². The SMILES string of the molecule is CCOC(=O)CN1CCC(OC2CN(C(=O)OC(C)(C)C)C2)CC1. The van der Waals surface area contributed by atoms with E-state index in [9.17, 15) is 9.59 Å². The Hall–Kier alpha value is -1.34. The van der Waals surface area contributed by atoms with Crippen molar-refractivity contribution in [3.63, 3.8) is 0 Å². The van der Waals surface area contributed by atoms with E-state index in [1.54, 1.807) is 4.90 Å². The van der Waals surface area contributed by atoms with Crippen molar-refractivity contribution in [1.82, 2.24) is 9.80 Å². The number of hydrogen-bond acceptors (Lipinski definition) is 6. The van der Waals surface area contributed by atoms with Gasteiger partial charge in [-0.1, -0.05) is 0 Å². The Morgan fingerprint density at radius 1 is 1.08 bits per heavy atom. The lowest BCUT2D eigenvalue weighted by Gasteiger charge is -2.42. The van der Waals surface area contributed by atoms with E-state index in [2.05, 4.69) is 4.90 Å². The smallest absolute Gasteiger partial charge is 0.410 e. The molecule has 0 unspecified atom stereocenters. The second-order valence-corrected chi connectivity index (χ2v) is 7.42. The van der Waals surface area contributed by atoms with Crippen LogP contribution in [0.2, 0.25) is 0 Å². The molecule has 2 rings (SSSR count). The van der Waals surface area contributed by atoms with Gasteiger partial charge in [0.25, 0.3) is 0 Å². The topological polar surface area (TPSA) is 68.3 Å². The van der Waals surface area contributed by atoms with Gasteiger partial charge in [-0.2, -0.15) is 0 Å². The molecule has 0 N–H and O–H groups in total. The highest BCUT2D eigenvalue weighted by Crippen LogP contribution is 2.22. The largest absolute Gasteiger partial charge is 0.465 e. The number of carbonyl (C=O) groups is 2. The summed E-state index contributed by atoms with van der Waals surface area (Å²) in [7, 11) is 0. The Morgan fingerprint density at radius 2 is 1.71 bits per heavy atom. The van der Waals surface area contributed by atoms with Gasteiger partial charge in [-0.3, -0.25) is 9.69 Å². The molecule has 0 aromatic rings. The zero-order chi connectivity index (χ0) is 17.7. The number of likely N-dealkylation sites (tertiary alicyclic amines) is 2. The van der Waals surface area contributed by atoms with E-state index in [4.69, 9.17) is 14.2 Å². The summed E-state index contributed by atoms with van der Waals surface area (Å²) >= 11 is 0. The number of esters is 1. The van der Waals surface area contributed by atoms with E-state index >= 15 is 0 Å². The fraction of sp³-hybridized carbons (Fsp3) is 0.882. The van der Waals surface area contributed by atoms with E-state index in [1.165, 1.54) is 0 Å². The summed E-state index contributed by atoms with van der Waals surface area (Å²) in [5, 5.41) is 0. The van der Waals surface area contributed by atoms with Crippen LogP contribution < -0.4 is 0 Å². The van der Waals surface area contributed by atoms with Crippen molar-refractivity contribution in [2.24, 2.45) is 0 Å². The first-order chi connectivity index (χ1) is 11.3. The predicted molar refractivity (Wildman–Crippen MR) is 88.8 cm³/mol. The van der Waals surface area contributed by atoms with Gasteiger partial charge in [0.1, 0.15) is 5.60 Å². The summed E-state index contributed by atoms with van der Waals surface area (Å²) in [5.41, 5.74) is -0.464. The molecule has 0 spiro atoms. The fourth-order valence-electron chi connectivity index (χ4n) is 2.86. The Morgan fingerprint density at radius 3 is 2.25 bits per heavy atom. The molecule has 2 fully saturated rings. The lowest BCUT2D eigenvalue weighted by molar-refractivity contribution is -0.146. The highest BCUT2D eigenvalue weighted by Gasteiger charge is 2.36. The van der Waals surface area contributed by atoms with Crippen molar-refractivity contribution < 1.29 is 23.8 Å². The van der Waals surface area contributed by atoms with Gasteiger partial charge in [0.05, 0.1) is 38.4 Å².